The van der Waals surface area contributed by atoms with Gasteiger partial charge in [0.25, 0.3) is 0 Å². The van der Waals surface area contributed by atoms with Crippen molar-refractivity contribution < 1.29 is 8.78 Å². The molecule has 2 N–H and O–H groups in total. The summed E-state index contributed by atoms with van der Waals surface area (Å²) in [6.45, 7) is 7.08. The van der Waals surface area contributed by atoms with Crippen molar-refractivity contribution in [2.24, 2.45) is 7.05 Å². The maximum atomic E-state index is 15.0. The summed E-state index contributed by atoms with van der Waals surface area (Å²) < 4.78 is 31.7. The summed E-state index contributed by atoms with van der Waals surface area (Å²) in [6.07, 6.45) is 5.65. The average molecular weight is 452 g/mol. The lowest BCUT2D eigenvalue weighted by Crippen LogP contribution is -2.60. The van der Waals surface area contributed by atoms with Gasteiger partial charge < -0.3 is 5.32 Å². The molecule has 9 heteroatoms. The Morgan fingerprint density at radius 1 is 1.15 bits per heavy atom. The first-order chi connectivity index (χ1) is 15.9. The van der Waals surface area contributed by atoms with Crippen LogP contribution in [0, 0.1) is 11.6 Å². The van der Waals surface area contributed by atoms with Crippen LogP contribution in [0.25, 0.3) is 33.4 Å². The Labute approximate surface area is 190 Å². The van der Waals surface area contributed by atoms with E-state index in [1.807, 2.05) is 13.2 Å². The number of hydrogen-bond acceptors (Lipinski definition) is 5. The molecule has 1 aromatic carbocycles. The fraction of sp³-hybridized carbons (Fsp3) is 0.375. The SMILES string of the molecule is CC(C)N1CC(NCCc2cc(F)c(-c3cc4c(-c5cnn(C)c5)n[nH]c4cn3)c(F)c2)C1. The predicted molar refractivity (Wildman–Crippen MR) is 124 cm³/mol. The Bertz CT molecular complexity index is 1260. The summed E-state index contributed by atoms with van der Waals surface area (Å²) in [4.78, 5) is 6.66. The lowest BCUT2D eigenvalue weighted by Gasteiger charge is -2.42. The molecule has 1 aliphatic rings. The number of H-pyrrole nitrogens is 1. The highest BCUT2D eigenvalue weighted by Gasteiger charge is 2.27. The number of aromatic amines is 1. The normalized spacial score (nSPS) is 15.0. The van der Waals surface area contributed by atoms with Crippen molar-refractivity contribution in [1.29, 1.82) is 0 Å². The Hall–Kier alpha value is -3.17. The molecule has 4 heterocycles. The number of pyridine rings is 1. The number of hydrogen-bond donors (Lipinski definition) is 2. The third-order valence-corrected chi connectivity index (χ3v) is 6.27. The molecule has 33 heavy (non-hydrogen) atoms. The van der Waals surface area contributed by atoms with Crippen LogP contribution in [0.15, 0.2) is 36.8 Å². The van der Waals surface area contributed by atoms with Crippen molar-refractivity contribution in [1.82, 2.24) is 35.2 Å². The summed E-state index contributed by atoms with van der Waals surface area (Å²) in [7, 11) is 1.82. The van der Waals surface area contributed by atoms with Crippen LogP contribution in [-0.2, 0) is 13.5 Å². The van der Waals surface area contributed by atoms with Gasteiger partial charge in [0, 0.05) is 49.4 Å². The number of halogens is 2. The first kappa shape index (κ1) is 21.7. The second kappa shape index (κ2) is 8.64. The van der Waals surface area contributed by atoms with Gasteiger partial charge in [-0.05, 0) is 50.6 Å². The van der Waals surface area contributed by atoms with E-state index in [1.54, 1.807) is 23.1 Å². The summed E-state index contributed by atoms with van der Waals surface area (Å²) in [5.41, 5.74) is 2.90. The zero-order valence-corrected chi connectivity index (χ0v) is 18.9. The van der Waals surface area contributed by atoms with Gasteiger partial charge in [-0.3, -0.25) is 19.7 Å². The molecular formula is C24H27F2N7. The van der Waals surface area contributed by atoms with Crippen LogP contribution in [0.3, 0.4) is 0 Å². The quantitative estimate of drug-likeness (QED) is 0.450. The molecule has 5 rings (SSSR count). The van der Waals surface area contributed by atoms with E-state index in [4.69, 9.17) is 0 Å². The molecule has 0 saturated carbocycles. The van der Waals surface area contributed by atoms with Crippen LogP contribution in [-0.4, -0.2) is 61.6 Å². The van der Waals surface area contributed by atoms with Crippen molar-refractivity contribution in [2.75, 3.05) is 19.6 Å². The number of nitrogens with one attached hydrogen (secondary N) is 2. The minimum atomic E-state index is -0.613. The second-order valence-electron chi connectivity index (χ2n) is 8.97. The Balaban J connectivity index is 1.34. The highest BCUT2D eigenvalue weighted by molar-refractivity contribution is 5.94. The molecule has 0 bridgehead atoms. The number of aryl methyl sites for hydroxylation is 1. The van der Waals surface area contributed by atoms with Crippen molar-refractivity contribution >= 4 is 10.9 Å². The van der Waals surface area contributed by atoms with Gasteiger partial charge in [0.15, 0.2) is 0 Å². The van der Waals surface area contributed by atoms with Crippen LogP contribution in [0.4, 0.5) is 8.78 Å². The smallest absolute Gasteiger partial charge is 0.135 e. The Kier molecular flexibility index (Phi) is 5.67. The molecule has 3 aromatic heterocycles. The van der Waals surface area contributed by atoms with Gasteiger partial charge >= 0.3 is 0 Å². The average Bonchev–Trinajstić information content (AvgIpc) is 3.34. The van der Waals surface area contributed by atoms with E-state index in [0.717, 1.165) is 24.0 Å². The zero-order chi connectivity index (χ0) is 23.1. The molecule has 4 aromatic rings. The second-order valence-corrected chi connectivity index (χ2v) is 8.97. The van der Waals surface area contributed by atoms with E-state index in [9.17, 15) is 0 Å². The monoisotopic (exact) mass is 451 g/mol. The summed E-state index contributed by atoms with van der Waals surface area (Å²) in [6, 6.07) is 5.48. The van der Waals surface area contributed by atoms with Crippen molar-refractivity contribution in [2.45, 2.75) is 32.4 Å². The van der Waals surface area contributed by atoms with Crippen molar-refractivity contribution in [3.63, 3.8) is 0 Å². The molecule has 172 valence electrons. The van der Waals surface area contributed by atoms with E-state index < -0.39 is 11.6 Å². The van der Waals surface area contributed by atoms with E-state index in [-0.39, 0.29) is 11.3 Å². The number of fused-ring (bicyclic) bond motifs is 1. The fourth-order valence-corrected chi connectivity index (χ4v) is 4.32. The lowest BCUT2D eigenvalue weighted by molar-refractivity contribution is 0.0926. The van der Waals surface area contributed by atoms with Gasteiger partial charge in [-0.1, -0.05) is 0 Å². The van der Waals surface area contributed by atoms with Crippen molar-refractivity contribution in [3.8, 4) is 22.5 Å². The van der Waals surface area contributed by atoms with Crippen LogP contribution in [0.2, 0.25) is 0 Å². The van der Waals surface area contributed by atoms with Crippen LogP contribution in [0.1, 0.15) is 19.4 Å². The topological polar surface area (TPSA) is 74.7 Å². The van der Waals surface area contributed by atoms with Gasteiger partial charge in [0.2, 0.25) is 0 Å². The molecular weight excluding hydrogens is 424 g/mol. The number of nitrogens with zero attached hydrogens (tertiary/aromatic N) is 5. The molecule has 0 amide bonds. The van der Waals surface area contributed by atoms with E-state index >= 15 is 8.78 Å². The molecule has 1 aliphatic heterocycles. The maximum absolute atomic E-state index is 15.0. The molecule has 1 saturated heterocycles. The third-order valence-electron chi connectivity index (χ3n) is 6.27. The standard InChI is InChI=1S/C24H27F2N7/c1-14(2)33-12-17(13-33)27-5-4-15-6-19(25)23(20(26)7-15)21-8-18-22(10-28-21)30-31-24(18)16-9-29-32(3)11-16/h6-11,14,17,27H,4-5,12-13H2,1-3H3,(H,30,31). The minimum absolute atomic E-state index is 0.126. The predicted octanol–water partition coefficient (Wildman–Crippen LogP) is 3.53. The zero-order valence-electron chi connectivity index (χ0n) is 18.9. The molecule has 0 unspecified atom stereocenters. The number of benzene rings is 1. The number of likely N-dealkylation sites (tertiary alicyclic amines) is 1. The molecule has 0 radical (unpaired) electrons. The van der Waals surface area contributed by atoms with E-state index in [1.165, 1.54) is 12.1 Å². The van der Waals surface area contributed by atoms with Gasteiger partial charge in [-0.25, -0.2) is 8.78 Å². The Morgan fingerprint density at radius 3 is 2.58 bits per heavy atom. The van der Waals surface area contributed by atoms with Crippen molar-refractivity contribution in [3.05, 3.63) is 54.0 Å². The highest BCUT2D eigenvalue weighted by Crippen LogP contribution is 2.31. The number of rotatable bonds is 7. The molecule has 1 fully saturated rings. The largest absolute Gasteiger partial charge is 0.311 e. The highest BCUT2D eigenvalue weighted by atomic mass is 19.1. The molecule has 7 nitrogen and oxygen atoms in total. The molecule has 0 spiro atoms. The lowest BCUT2D eigenvalue weighted by atomic mass is 10.0. The van der Waals surface area contributed by atoms with Crippen LogP contribution < -0.4 is 5.32 Å². The summed E-state index contributed by atoms with van der Waals surface area (Å²) in [5, 5.41) is 15.6. The minimum Gasteiger partial charge on any atom is -0.311 e. The maximum Gasteiger partial charge on any atom is 0.135 e. The summed E-state index contributed by atoms with van der Waals surface area (Å²) >= 11 is 0. The Morgan fingerprint density at radius 2 is 1.91 bits per heavy atom. The van der Waals surface area contributed by atoms with Gasteiger partial charge in [-0.15, -0.1) is 0 Å². The van der Waals surface area contributed by atoms with Gasteiger partial charge in [0.05, 0.1) is 29.2 Å². The third kappa shape index (κ3) is 4.26. The molecule has 0 aliphatic carbocycles. The van der Waals surface area contributed by atoms with Gasteiger partial charge in [-0.2, -0.15) is 10.2 Å². The first-order valence-electron chi connectivity index (χ1n) is 11.2. The number of aromatic nitrogens is 5. The fourth-order valence-electron chi connectivity index (χ4n) is 4.32. The summed E-state index contributed by atoms with van der Waals surface area (Å²) in [5.74, 6) is -1.23. The van der Waals surface area contributed by atoms with E-state index in [0.29, 0.717) is 41.8 Å². The first-order valence-corrected chi connectivity index (χ1v) is 11.2. The van der Waals surface area contributed by atoms with Crippen LogP contribution >= 0.6 is 0 Å². The van der Waals surface area contributed by atoms with Gasteiger partial charge in [0.1, 0.15) is 17.3 Å². The van der Waals surface area contributed by atoms with E-state index in [2.05, 4.69) is 44.3 Å². The van der Waals surface area contributed by atoms with Crippen LogP contribution in [0.5, 0.6) is 0 Å². The molecule has 0 atom stereocenters.